The SMILES string of the molecule is Cc1cc([N+](=O)[O-])ccc1NC(=O)CSc1nnc(-c2ccncc2)n1CCc1ccccc1. The molecule has 4 rings (SSSR count). The highest BCUT2D eigenvalue weighted by Crippen LogP contribution is 2.25. The summed E-state index contributed by atoms with van der Waals surface area (Å²) in [5.74, 6) is 0.605. The van der Waals surface area contributed by atoms with Gasteiger partial charge in [-0.15, -0.1) is 10.2 Å². The van der Waals surface area contributed by atoms with Crippen LogP contribution in [0.5, 0.6) is 0 Å². The summed E-state index contributed by atoms with van der Waals surface area (Å²) in [7, 11) is 0. The zero-order valence-corrected chi connectivity index (χ0v) is 19.2. The van der Waals surface area contributed by atoms with Gasteiger partial charge in [-0.25, -0.2) is 0 Å². The largest absolute Gasteiger partial charge is 0.325 e. The minimum atomic E-state index is -0.461. The normalized spacial score (nSPS) is 10.7. The number of nitrogens with zero attached hydrogens (tertiary/aromatic N) is 5. The van der Waals surface area contributed by atoms with E-state index in [1.807, 2.05) is 34.9 Å². The Morgan fingerprint density at radius 1 is 1.09 bits per heavy atom. The number of thioether (sulfide) groups is 1. The van der Waals surface area contributed by atoms with Crippen molar-refractivity contribution in [1.29, 1.82) is 0 Å². The third-order valence-corrected chi connectivity index (χ3v) is 6.12. The van der Waals surface area contributed by atoms with Gasteiger partial charge >= 0.3 is 0 Å². The van der Waals surface area contributed by atoms with Gasteiger partial charge < -0.3 is 9.88 Å². The van der Waals surface area contributed by atoms with Gasteiger partial charge in [0, 0.05) is 42.3 Å². The van der Waals surface area contributed by atoms with E-state index in [2.05, 4.69) is 32.6 Å². The molecule has 4 aromatic rings. The Balaban J connectivity index is 1.48. The third kappa shape index (κ3) is 5.65. The fourth-order valence-electron chi connectivity index (χ4n) is 3.42. The van der Waals surface area contributed by atoms with Crippen molar-refractivity contribution in [3.8, 4) is 11.4 Å². The quantitative estimate of drug-likeness (QED) is 0.215. The summed E-state index contributed by atoms with van der Waals surface area (Å²) < 4.78 is 2.01. The first-order valence-corrected chi connectivity index (χ1v) is 11.5. The molecule has 172 valence electrons. The van der Waals surface area contributed by atoms with Crippen molar-refractivity contribution in [3.63, 3.8) is 0 Å². The second-order valence-electron chi connectivity index (χ2n) is 7.52. The van der Waals surface area contributed by atoms with Crippen LogP contribution in [0.3, 0.4) is 0 Å². The van der Waals surface area contributed by atoms with Gasteiger partial charge in [-0.2, -0.15) is 0 Å². The molecule has 1 amide bonds. The number of nitrogens with one attached hydrogen (secondary N) is 1. The van der Waals surface area contributed by atoms with Crippen molar-refractivity contribution < 1.29 is 9.72 Å². The molecule has 2 heterocycles. The number of carbonyl (C=O) groups excluding carboxylic acids is 1. The predicted octanol–water partition coefficient (Wildman–Crippen LogP) is 4.53. The summed E-state index contributed by atoms with van der Waals surface area (Å²) in [5, 5.41) is 23.1. The Morgan fingerprint density at radius 3 is 2.56 bits per heavy atom. The second kappa shape index (κ2) is 10.7. The fourth-order valence-corrected chi connectivity index (χ4v) is 4.18. The number of aryl methyl sites for hydroxylation is 2. The molecule has 2 aromatic carbocycles. The van der Waals surface area contributed by atoms with Crippen LogP contribution in [0.1, 0.15) is 11.1 Å². The van der Waals surface area contributed by atoms with Gasteiger partial charge in [-0.05, 0) is 42.7 Å². The van der Waals surface area contributed by atoms with E-state index >= 15 is 0 Å². The highest BCUT2D eigenvalue weighted by molar-refractivity contribution is 7.99. The molecule has 0 aliphatic heterocycles. The van der Waals surface area contributed by atoms with Crippen LogP contribution in [0.25, 0.3) is 11.4 Å². The van der Waals surface area contributed by atoms with Crippen LogP contribution in [-0.4, -0.2) is 36.3 Å². The molecule has 0 spiro atoms. The summed E-state index contributed by atoms with van der Waals surface area (Å²) in [5.41, 5.74) is 3.24. The first kappa shape index (κ1) is 23.1. The molecule has 0 bridgehead atoms. The number of rotatable bonds is 9. The zero-order valence-electron chi connectivity index (χ0n) is 18.4. The molecule has 0 atom stereocenters. The number of amides is 1. The number of anilines is 1. The molecule has 9 nitrogen and oxygen atoms in total. The maximum absolute atomic E-state index is 12.6. The van der Waals surface area contributed by atoms with Crippen LogP contribution in [0.15, 0.2) is 78.2 Å². The molecular formula is C24H22N6O3S. The molecule has 0 saturated heterocycles. The first-order valence-electron chi connectivity index (χ1n) is 10.6. The van der Waals surface area contributed by atoms with E-state index in [1.54, 1.807) is 25.4 Å². The van der Waals surface area contributed by atoms with Crippen molar-refractivity contribution in [2.24, 2.45) is 0 Å². The lowest BCUT2D eigenvalue weighted by Gasteiger charge is -2.11. The molecule has 0 aliphatic rings. The number of hydrogen-bond acceptors (Lipinski definition) is 7. The average molecular weight is 475 g/mol. The minimum Gasteiger partial charge on any atom is -0.325 e. The first-order chi connectivity index (χ1) is 16.5. The van der Waals surface area contributed by atoms with Crippen molar-refractivity contribution in [2.45, 2.75) is 25.0 Å². The van der Waals surface area contributed by atoms with Gasteiger partial charge in [0.2, 0.25) is 5.91 Å². The number of aromatic nitrogens is 4. The molecule has 0 fully saturated rings. The number of benzene rings is 2. The molecule has 34 heavy (non-hydrogen) atoms. The van der Waals surface area contributed by atoms with Gasteiger partial charge in [0.1, 0.15) is 0 Å². The van der Waals surface area contributed by atoms with Crippen LogP contribution in [-0.2, 0) is 17.8 Å². The van der Waals surface area contributed by atoms with E-state index in [-0.39, 0.29) is 17.3 Å². The summed E-state index contributed by atoms with van der Waals surface area (Å²) in [6.45, 7) is 2.37. The van der Waals surface area contributed by atoms with Gasteiger partial charge in [-0.1, -0.05) is 42.1 Å². The van der Waals surface area contributed by atoms with Gasteiger partial charge in [0.25, 0.3) is 5.69 Å². The number of nitro benzene ring substituents is 1. The standard InChI is InChI=1S/C24H22N6O3S/c1-17-15-20(30(32)33)7-8-21(17)26-22(31)16-34-24-28-27-23(19-9-12-25-13-10-19)29(24)14-11-18-5-3-2-4-6-18/h2-10,12-13,15H,11,14,16H2,1H3,(H,26,31). The second-order valence-corrected chi connectivity index (χ2v) is 8.46. The number of nitro groups is 1. The Morgan fingerprint density at radius 2 is 1.85 bits per heavy atom. The lowest BCUT2D eigenvalue weighted by Crippen LogP contribution is -2.15. The van der Waals surface area contributed by atoms with Crippen LogP contribution in [0.4, 0.5) is 11.4 Å². The van der Waals surface area contributed by atoms with E-state index in [4.69, 9.17) is 0 Å². The van der Waals surface area contributed by atoms with Gasteiger partial charge in [-0.3, -0.25) is 19.9 Å². The van der Waals surface area contributed by atoms with Crippen molar-refractivity contribution in [1.82, 2.24) is 19.7 Å². The Bertz CT molecular complexity index is 1290. The third-order valence-electron chi connectivity index (χ3n) is 5.15. The Labute approximate surface area is 200 Å². The average Bonchev–Trinajstić information content (AvgIpc) is 3.26. The van der Waals surface area contributed by atoms with E-state index in [1.165, 1.54) is 29.5 Å². The highest BCUT2D eigenvalue weighted by atomic mass is 32.2. The molecule has 0 radical (unpaired) electrons. The molecule has 0 saturated carbocycles. The topological polar surface area (TPSA) is 116 Å². The highest BCUT2D eigenvalue weighted by Gasteiger charge is 2.17. The maximum atomic E-state index is 12.6. The summed E-state index contributed by atoms with van der Waals surface area (Å²) in [4.78, 5) is 27.1. The Kier molecular flexibility index (Phi) is 7.28. The van der Waals surface area contributed by atoms with E-state index in [0.717, 1.165) is 12.0 Å². The van der Waals surface area contributed by atoms with Crippen molar-refractivity contribution in [2.75, 3.05) is 11.1 Å². The molecule has 10 heteroatoms. The van der Waals surface area contributed by atoms with Crippen LogP contribution < -0.4 is 5.32 Å². The number of carbonyl (C=O) groups is 1. The monoisotopic (exact) mass is 474 g/mol. The van der Waals surface area contributed by atoms with Crippen LogP contribution in [0, 0.1) is 17.0 Å². The fraction of sp³-hybridized carbons (Fsp3) is 0.167. The summed E-state index contributed by atoms with van der Waals surface area (Å²) in [6, 6.07) is 18.2. The van der Waals surface area contributed by atoms with E-state index in [0.29, 0.717) is 28.8 Å². The van der Waals surface area contributed by atoms with Gasteiger partial charge in [0.05, 0.1) is 10.7 Å². The van der Waals surface area contributed by atoms with Crippen LogP contribution in [0.2, 0.25) is 0 Å². The zero-order chi connectivity index (χ0) is 23.9. The van der Waals surface area contributed by atoms with Gasteiger partial charge in [0.15, 0.2) is 11.0 Å². The predicted molar refractivity (Wildman–Crippen MR) is 131 cm³/mol. The number of hydrogen-bond donors (Lipinski definition) is 1. The molecular weight excluding hydrogens is 452 g/mol. The molecule has 0 unspecified atom stereocenters. The summed E-state index contributed by atoms with van der Waals surface area (Å²) >= 11 is 1.29. The van der Waals surface area contributed by atoms with E-state index in [9.17, 15) is 14.9 Å². The number of pyridine rings is 1. The van der Waals surface area contributed by atoms with Crippen molar-refractivity contribution in [3.05, 3.63) is 94.3 Å². The van der Waals surface area contributed by atoms with Crippen molar-refractivity contribution >= 4 is 29.0 Å². The molecule has 2 aromatic heterocycles. The Hall–Kier alpha value is -4.05. The maximum Gasteiger partial charge on any atom is 0.269 e. The van der Waals surface area contributed by atoms with Crippen LogP contribution >= 0.6 is 11.8 Å². The molecule has 1 N–H and O–H groups in total. The van der Waals surface area contributed by atoms with E-state index < -0.39 is 4.92 Å². The smallest absolute Gasteiger partial charge is 0.269 e. The summed E-state index contributed by atoms with van der Waals surface area (Å²) in [6.07, 6.45) is 4.20. The number of non-ortho nitro benzene ring substituents is 1. The lowest BCUT2D eigenvalue weighted by atomic mass is 10.1. The molecule has 0 aliphatic carbocycles. The minimum absolute atomic E-state index is 0.0139. The lowest BCUT2D eigenvalue weighted by molar-refractivity contribution is -0.384.